The molecule has 0 aliphatic rings. The van der Waals surface area contributed by atoms with Gasteiger partial charge < -0.3 is 4.90 Å². The summed E-state index contributed by atoms with van der Waals surface area (Å²) in [5, 5.41) is 0. The van der Waals surface area contributed by atoms with Crippen LogP contribution >= 0.6 is 0 Å². The summed E-state index contributed by atoms with van der Waals surface area (Å²) in [5.41, 5.74) is 0. The third-order valence-corrected chi connectivity index (χ3v) is 7.63. The van der Waals surface area contributed by atoms with Crippen molar-refractivity contribution in [3.05, 3.63) is 0 Å². The predicted octanol–water partition coefficient (Wildman–Crippen LogP) is 11.4. The summed E-state index contributed by atoms with van der Waals surface area (Å²) >= 11 is 0. The Morgan fingerprint density at radius 1 is 0.371 bits per heavy atom. The molecule has 2 nitrogen and oxygen atoms in total. The van der Waals surface area contributed by atoms with Crippen LogP contribution in [0, 0.1) is 0 Å². The number of hydrogen-bond donors (Lipinski definition) is 0. The second-order valence-corrected chi connectivity index (χ2v) is 11.3. The zero-order chi connectivity index (χ0) is 25.7. The minimum Gasteiger partial charge on any atom is -0.343 e. The largest absolute Gasteiger partial charge is 0.343 e. The first-order valence-electron chi connectivity index (χ1n) is 16.5. The van der Waals surface area contributed by atoms with Crippen LogP contribution in [0.3, 0.4) is 0 Å². The molecule has 0 spiro atoms. The molecule has 210 valence electrons. The maximum atomic E-state index is 12.6. The third kappa shape index (κ3) is 26.3. The molecule has 0 heterocycles. The van der Waals surface area contributed by atoms with Gasteiger partial charge in [-0.25, -0.2) is 0 Å². The number of carbonyl (C=O) groups is 1. The van der Waals surface area contributed by atoms with Gasteiger partial charge in [-0.3, -0.25) is 4.79 Å². The van der Waals surface area contributed by atoms with Crippen LogP contribution in [0.5, 0.6) is 0 Å². The first-order chi connectivity index (χ1) is 17.3. The Bertz CT molecular complexity index is 408. The molecule has 0 rings (SSSR count). The second-order valence-electron chi connectivity index (χ2n) is 11.3. The van der Waals surface area contributed by atoms with Crippen molar-refractivity contribution in [3.63, 3.8) is 0 Å². The van der Waals surface area contributed by atoms with Gasteiger partial charge in [0.1, 0.15) is 0 Å². The van der Waals surface area contributed by atoms with E-state index in [-0.39, 0.29) is 0 Å². The van der Waals surface area contributed by atoms with E-state index in [0.29, 0.717) is 5.91 Å². The fraction of sp³-hybridized carbons (Fsp3) is 0.970. The number of amides is 1. The van der Waals surface area contributed by atoms with Crippen molar-refractivity contribution in [2.75, 3.05) is 13.1 Å². The zero-order valence-electron chi connectivity index (χ0n) is 24.9. The molecule has 1 amide bonds. The molecule has 0 N–H and O–H groups in total. The lowest BCUT2D eigenvalue weighted by atomic mass is 10.0. The summed E-state index contributed by atoms with van der Waals surface area (Å²) in [7, 11) is 0. The fourth-order valence-electron chi connectivity index (χ4n) is 5.20. The Hall–Kier alpha value is -0.530. The normalized spacial score (nSPS) is 11.3. The molecule has 0 saturated heterocycles. The maximum Gasteiger partial charge on any atom is 0.222 e. The topological polar surface area (TPSA) is 20.3 Å². The summed E-state index contributed by atoms with van der Waals surface area (Å²) in [6.07, 6.45) is 36.3. The predicted molar refractivity (Wildman–Crippen MR) is 158 cm³/mol. The van der Waals surface area contributed by atoms with Gasteiger partial charge in [-0.15, -0.1) is 0 Å². The Balaban J connectivity index is 3.64. The van der Waals surface area contributed by atoms with Gasteiger partial charge in [0.15, 0.2) is 0 Å². The first-order valence-corrected chi connectivity index (χ1v) is 16.5. The van der Waals surface area contributed by atoms with Crippen molar-refractivity contribution in [2.24, 2.45) is 0 Å². The van der Waals surface area contributed by atoms with E-state index in [1.807, 2.05) is 0 Å². The highest BCUT2D eigenvalue weighted by molar-refractivity contribution is 5.76. The third-order valence-electron chi connectivity index (χ3n) is 7.63. The van der Waals surface area contributed by atoms with Crippen LogP contribution in [0.2, 0.25) is 0 Å². The van der Waals surface area contributed by atoms with Crippen molar-refractivity contribution in [3.8, 4) is 0 Å². The van der Waals surface area contributed by atoms with E-state index in [2.05, 4.69) is 25.7 Å². The van der Waals surface area contributed by atoms with Crippen molar-refractivity contribution in [1.82, 2.24) is 4.90 Å². The highest BCUT2D eigenvalue weighted by Crippen LogP contribution is 2.14. The molecule has 0 unspecified atom stereocenters. The summed E-state index contributed by atoms with van der Waals surface area (Å²) in [6, 6.07) is 0. The summed E-state index contributed by atoms with van der Waals surface area (Å²) in [6.45, 7) is 8.70. The van der Waals surface area contributed by atoms with Crippen molar-refractivity contribution < 1.29 is 4.79 Å². The molecular formula is C33H67NO. The Labute approximate surface area is 222 Å². The minimum absolute atomic E-state index is 0.398. The number of carbonyl (C=O) groups excluding carboxylic acids is 1. The van der Waals surface area contributed by atoms with E-state index in [4.69, 9.17) is 0 Å². The molecule has 0 aliphatic carbocycles. The number of unbranched alkanes of at least 4 members (excludes halogenated alkanes) is 23. The van der Waals surface area contributed by atoms with Gasteiger partial charge in [0.25, 0.3) is 0 Å². The van der Waals surface area contributed by atoms with E-state index in [1.54, 1.807) is 0 Å². The molecule has 0 aromatic carbocycles. The molecule has 2 heteroatoms. The van der Waals surface area contributed by atoms with E-state index in [1.165, 1.54) is 161 Å². The average molecular weight is 494 g/mol. The van der Waals surface area contributed by atoms with Crippen LogP contribution in [0.4, 0.5) is 0 Å². The zero-order valence-corrected chi connectivity index (χ0v) is 24.9. The molecule has 0 saturated carbocycles. The van der Waals surface area contributed by atoms with Gasteiger partial charge in [0.2, 0.25) is 5.91 Å². The van der Waals surface area contributed by atoms with Gasteiger partial charge in [-0.05, 0) is 19.3 Å². The monoisotopic (exact) mass is 494 g/mol. The van der Waals surface area contributed by atoms with E-state index in [0.717, 1.165) is 25.9 Å². The lowest BCUT2D eigenvalue weighted by Crippen LogP contribution is -2.32. The standard InChI is InChI=1S/C33H67NO/c1-4-7-9-11-13-15-17-19-21-23-25-27-29-32-34(33(35)30-6-3)31-28-26-24-22-20-18-16-14-12-10-8-5-2/h4-32H2,1-3H3. The lowest BCUT2D eigenvalue weighted by Gasteiger charge is -2.22. The van der Waals surface area contributed by atoms with Crippen LogP contribution in [-0.2, 0) is 4.79 Å². The highest BCUT2D eigenvalue weighted by Gasteiger charge is 2.11. The van der Waals surface area contributed by atoms with Crippen molar-refractivity contribution >= 4 is 5.91 Å². The second kappa shape index (κ2) is 29.7. The van der Waals surface area contributed by atoms with Crippen molar-refractivity contribution in [2.45, 2.75) is 194 Å². The summed E-state index contributed by atoms with van der Waals surface area (Å²) < 4.78 is 0. The van der Waals surface area contributed by atoms with Gasteiger partial charge in [-0.2, -0.15) is 0 Å². The molecule has 0 aliphatic heterocycles. The molecule has 35 heavy (non-hydrogen) atoms. The van der Waals surface area contributed by atoms with Crippen LogP contribution in [0.15, 0.2) is 0 Å². The Kier molecular flexibility index (Phi) is 29.2. The number of rotatable bonds is 29. The lowest BCUT2D eigenvalue weighted by molar-refractivity contribution is -0.131. The van der Waals surface area contributed by atoms with Crippen LogP contribution < -0.4 is 0 Å². The number of nitrogens with zero attached hydrogens (tertiary/aromatic N) is 1. The smallest absolute Gasteiger partial charge is 0.222 e. The van der Waals surface area contributed by atoms with E-state index >= 15 is 0 Å². The first kappa shape index (κ1) is 34.5. The highest BCUT2D eigenvalue weighted by atomic mass is 16.2. The molecule has 0 aromatic heterocycles. The molecular weight excluding hydrogens is 426 g/mol. The van der Waals surface area contributed by atoms with Crippen LogP contribution in [-0.4, -0.2) is 23.9 Å². The summed E-state index contributed by atoms with van der Waals surface area (Å²) in [5.74, 6) is 0.398. The maximum absolute atomic E-state index is 12.6. The number of hydrogen-bond acceptors (Lipinski definition) is 1. The van der Waals surface area contributed by atoms with Gasteiger partial charge >= 0.3 is 0 Å². The van der Waals surface area contributed by atoms with Crippen LogP contribution in [0.25, 0.3) is 0 Å². The van der Waals surface area contributed by atoms with Gasteiger partial charge in [0, 0.05) is 19.5 Å². The minimum atomic E-state index is 0.398. The Morgan fingerprint density at radius 3 is 0.886 bits per heavy atom. The van der Waals surface area contributed by atoms with Gasteiger partial charge in [-0.1, -0.05) is 168 Å². The SMILES string of the molecule is CCCCCCCCCCCCCCCN(CCCCCCCCCCCCCC)C(=O)CCC. The average Bonchev–Trinajstić information content (AvgIpc) is 2.86. The molecule has 0 radical (unpaired) electrons. The molecule has 0 bridgehead atoms. The molecule has 0 aromatic rings. The summed E-state index contributed by atoms with van der Waals surface area (Å²) in [4.78, 5) is 14.7. The van der Waals surface area contributed by atoms with E-state index in [9.17, 15) is 4.79 Å². The van der Waals surface area contributed by atoms with Crippen LogP contribution in [0.1, 0.15) is 194 Å². The fourth-order valence-corrected chi connectivity index (χ4v) is 5.20. The van der Waals surface area contributed by atoms with Gasteiger partial charge in [0.05, 0.1) is 0 Å². The van der Waals surface area contributed by atoms with E-state index < -0.39 is 0 Å². The quantitative estimate of drug-likeness (QED) is 0.0948. The molecule has 0 fully saturated rings. The molecule has 0 atom stereocenters. The Morgan fingerprint density at radius 2 is 0.629 bits per heavy atom. The van der Waals surface area contributed by atoms with Crippen molar-refractivity contribution in [1.29, 1.82) is 0 Å².